The van der Waals surface area contributed by atoms with Crippen LogP contribution in [0.25, 0.3) is 0 Å². The maximum absolute atomic E-state index is 11.2. The normalized spacial score (nSPS) is 20.5. The predicted molar refractivity (Wildman–Crippen MR) is 222 cm³/mol. The molecule has 0 aromatic heterocycles. The minimum Gasteiger partial charge on any atom is -0.512 e. The zero-order valence-electron chi connectivity index (χ0n) is 33.7. The van der Waals surface area contributed by atoms with Gasteiger partial charge in [-0.25, -0.2) is 0 Å². The maximum Gasteiger partial charge on any atom is 0.117 e. The molecule has 0 heterocycles. The SMILES string of the molecule is C=C(/C=C/COC)C(C1=CC=C=C(C(C2=CCC=C(O)C(COC)=C2)C2=CC(COC)=C(O)CC(COC)=C2)C=C1)C1=CC/C(COC)=C(/O)CC(COC)=C1. The Hall–Kier alpha value is -4.70. The number of rotatable bonds is 19. The molecular weight excluding hydrogens is 709 g/mol. The lowest BCUT2D eigenvalue weighted by Gasteiger charge is -2.24. The zero-order chi connectivity index (χ0) is 40.5. The van der Waals surface area contributed by atoms with Gasteiger partial charge in [0.25, 0.3) is 0 Å². The largest absolute Gasteiger partial charge is 0.512 e. The molecule has 0 aliphatic heterocycles. The van der Waals surface area contributed by atoms with Gasteiger partial charge in [-0.3, -0.25) is 0 Å². The van der Waals surface area contributed by atoms with E-state index in [1.54, 1.807) is 48.7 Å². The van der Waals surface area contributed by atoms with Gasteiger partial charge in [-0.15, -0.1) is 5.73 Å². The average Bonchev–Trinajstić information content (AvgIpc) is 3.57. The average molecular weight is 767 g/mol. The van der Waals surface area contributed by atoms with Crippen LogP contribution in [-0.2, 0) is 28.4 Å². The Balaban J connectivity index is 1.90. The summed E-state index contributed by atoms with van der Waals surface area (Å²) < 4.78 is 32.9. The molecule has 56 heavy (non-hydrogen) atoms. The minimum atomic E-state index is -0.368. The van der Waals surface area contributed by atoms with Gasteiger partial charge >= 0.3 is 0 Å². The summed E-state index contributed by atoms with van der Waals surface area (Å²) in [6.45, 7) is 6.44. The van der Waals surface area contributed by atoms with E-state index in [1.165, 1.54) is 0 Å². The standard InChI is InChI=1S/C47H58O9/c1-32(11-10-20-51-2)46(38-18-19-39(29-54-5)44(49)23-33(21-38)27-52-3)35-12-8-13-36(17-16-35)47(37-14-9-15-43(48)41(25-37)30-55-6)40-22-34(28-53-4)24-45(50)42(26-40)31-56-7/h8,10-12,14-18,21-22,25-26,46-50H,1,9,19-20,23-24,27-31H2,2-7H3/b11-10+,33-21?,38-18?,44-39-. The van der Waals surface area contributed by atoms with Crippen LogP contribution in [-0.4, -0.2) is 97.6 Å². The number of aliphatic hydroxyl groups is 3. The van der Waals surface area contributed by atoms with Crippen molar-refractivity contribution in [3.05, 3.63) is 170 Å². The third-order valence-corrected chi connectivity index (χ3v) is 9.74. The van der Waals surface area contributed by atoms with Crippen molar-refractivity contribution in [1.82, 2.24) is 0 Å². The number of aliphatic hydroxyl groups excluding tert-OH is 3. The molecule has 4 aliphatic rings. The molecule has 9 nitrogen and oxygen atoms in total. The summed E-state index contributed by atoms with van der Waals surface area (Å²) >= 11 is 0. The van der Waals surface area contributed by atoms with Gasteiger partial charge in [0, 0.05) is 84.1 Å². The quantitative estimate of drug-likeness (QED) is 0.0875. The van der Waals surface area contributed by atoms with E-state index in [2.05, 4.69) is 54.8 Å². The zero-order valence-corrected chi connectivity index (χ0v) is 33.7. The van der Waals surface area contributed by atoms with Gasteiger partial charge in [0.1, 0.15) is 11.5 Å². The van der Waals surface area contributed by atoms with Crippen molar-refractivity contribution < 1.29 is 43.7 Å². The summed E-state index contributed by atoms with van der Waals surface area (Å²) in [4.78, 5) is 0. The number of ether oxygens (including phenoxy) is 6. The van der Waals surface area contributed by atoms with Crippen LogP contribution in [0, 0.1) is 11.8 Å². The van der Waals surface area contributed by atoms with Crippen LogP contribution in [0.2, 0.25) is 0 Å². The summed E-state index contributed by atoms with van der Waals surface area (Å²) in [5.41, 5.74) is 13.1. The van der Waals surface area contributed by atoms with Gasteiger partial charge in [0.05, 0.1) is 45.4 Å². The highest BCUT2D eigenvalue weighted by molar-refractivity contribution is 5.56. The van der Waals surface area contributed by atoms with Crippen molar-refractivity contribution in [2.24, 2.45) is 11.8 Å². The molecule has 2 unspecified atom stereocenters. The van der Waals surface area contributed by atoms with Crippen LogP contribution < -0.4 is 0 Å². The fraction of sp³-hybridized carbons (Fsp3) is 0.383. The minimum absolute atomic E-state index is 0.179. The Morgan fingerprint density at radius 2 is 1.39 bits per heavy atom. The molecule has 0 fully saturated rings. The van der Waals surface area contributed by atoms with Gasteiger partial charge in [-0.1, -0.05) is 61.3 Å². The van der Waals surface area contributed by atoms with E-state index in [-0.39, 0.29) is 36.6 Å². The first-order valence-corrected chi connectivity index (χ1v) is 18.7. The predicted octanol–water partition coefficient (Wildman–Crippen LogP) is 9.01. The molecule has 4 rings (SSSR count). The van der Waals surface area contributed by atoms with Crippen LogP contribution >= 0.6 is 0 Å². The van der Waals surface area contributed by atoms with Crippen LogP contribution in [0.15, 0.2) is 170 Å². The molecule has 0 saturated heterocycles. The van der Waals surface area contributed by atoms with Gasteiger partial charge in [-0.05, 0) is 81.7 Å². The van der Waals surface area contributed by atoms with Crippen molar-refractivity contribution in [2.75, 3.05) is 82.3 Å². The van der Waals surface area contributed by atoms with Crippen molar-refractivity contribution in [2.45, 2.75) is 25.7 Å². The Morgan fingerprint density at radius 3 is 2.07 bits per heavy atom. The van der Waals surface area contributed by atoms with E-state index in [9.17, 15) is 15.3 Å². The Kier molecular flexibility index (Phi) is 17.9. The molecule has 0 aromatic carbocycles. The second kappa shape index (κ2) is 22.8. The molecule has 2 atom stereocenters. The highest BCUT2D eigenvalue weighted by atomic mass is 16.5. The first-order chi connectivity index (χ1) is 27.2. The summed E-state index contributed by atoms with van der Waals surface area (Å²) in [5.74, 6) is 0.0666. The lowest BCUT2D eigenvalue weighted by molar-refractivity contribution is 0.212. The molecule has 0 aromatic rings. The molecule has 0 spiro atoms. The highest BCUT2D eigenvalue weighted by Crippen LogP contribution is 2.40. The molecule has 0 amide bonds. The van der Waals surface area contributed by atoms with Crippen molar-refractivity contribution in [1.29, 1.82) is 0 Å². The number of methoxy groups -OCH3 is 6. The van der Waals surface area contributed by atoms with Gasteiger partial charge in [0.15, 0.2) is 0 Å². The van der Waals surface area contributed by atoms with Crippen molar-refractivity contribution >= 4 is 0 Å². The molecule has 9 heteroatoms. The lowest BCUT2D eigenvalue weighted by atomic mass is 9.80. The van der Waals surface area contributed by atoms with E-state index in [4.69, 9.17) is 28.4 Å². The van der Waals surface area contributed by atoms with Crippen LogP contribution in [0.3, 0.4) is 0 Å². The van der Waals surface area contributed by atoms with Gasteiger partial charge < -0.3 is 43.7 Å². The molecule has 3 N–H and O–H groups in total. The molecule has 0 bridgehead atoms. The summed E-state index contributed by atoms with van der Waals surface area (Å²) in [5, 5.41) is 33.1. The topological polar surface area (TPSA) is 116 Å². The summed E-state index contributed by atoms with van der Waals surface area (Å²) in [7, 11) is 9.79. The summed E-state index contributed by atoms with van der Waals surface area (Å²) in [6, 6.07) is 0. The third-order valence-electron chi connectivity index (χ3n) is 9.74. The molecule has 300 valence electrons. The highest BCUT2D eigenvalue weighted by Gasteiger charge is 2.27. The first-order valence-electron chi connectivity index (χ1n) is 18.7. The van der Waals surface area contributed by atoms with E-state index < -0.39 is 0 Å². The smallest absolute Gasteiger partial charge is 0.117 e. The third kappa shape index (κ3) is 12.1. The monoisotopic (exact) mass is 766 g/mol. The lowest BCUT2D eigenvalue weighted by Crippen LogP contribution is -2.12. The maximum atomic E-state index is 11.2. The van der Waals surface area contributed by atoms with E-state index >= 15 is 0 Å². The first kappa shape index (κ1) is 44.0. The van der Waals surface area contributed by atoms with E-state index in [1.807, 2.05) is 30.4 Å². The fourth-order valence-corrected chi connectivity index (χ4v) is 7.21. The Bertz CT molecular complexity index is 1890. The van der Waals surface area contributed by atoms with Gasteiger partial charge in [0.2, 0.25) is 0 Å². The molecule has 0 saturated carbocycles. The number of hydrogen-bond donors (Lipinski definition) is 3. The number of allylic oxidation sites excluding steroid dienone is 18. The second-order valence-corrected chi connectivity index (χ2v) is 14.0. The van der Waals surface area contributed by atoms with Crippen molar-refractivity contribution in [3.8, 4) is 0 Å². The second-order valence-electron chi connectivity index (χ2n) is 14.0. The van der Waals surface area contributed by atoms with Crippen LogP contribution in [0.5, 0.6) is 0 Å². The van der Waals surface area contributed by atoms with Crippen LogP contribution in [0.4, 0.5) is 0 Å². The van der Waals surface area contributed by atoms with E-state index in [0.29, 0.717) is 69.0 Å². The fourth-order valence-electron chi connectivity index (χ4n) is 7.21. The van der Waals surface area contributed by atoms with E-state index in [0.717, 1.165) is 50.2 Å². The molecular formula is C47H58O9. The van der Waals surface area contributed by atoms with Crippen molar-refractivity contribution in [3.63, 3.8) is 0 Å². The number of hydrogen-bond acceptors (Lipinski definition) is 9. The summed E-state index contributed by atoms with van der Waals surface area (Å²) in [6.07, 6.45) is 28.0. The molecule has 0 radical (unpaired) electrons. The Labute approximate surface area is 332 Å². The van der Waals surface area contributed by atoms with Crippen LogP contribution in [0.1, 0.15) is 25.7 Å². The Morgan fingerprint density at radius 1 is 0.714 bits per heavy atom. The molecule has 4 aliphatic carbocycles. The van der Waals surface area contributed by atoms with Gasteiger partial charge in [-0.2, -0.15) is 0 Å².